The van der Waals surface area contributed by atoms with E-state index >= 15 is 0 Å². The number of aryl methyl sites for hydroxylation is 1. The summed E-state index contributed by atoms with van der Waals surface area (Å²) in [7, 11) is 0. The Balaban J connectivity index is 0.000000354. The molecule has 3 nitrogen and oxygen atoms in total. The molecule has 1 rings (SSSR count). The number of hydrogen-bond acceptors (Lipinski definition) is 2. The Bertz CT molecular complexity index is 263. The van der Waals surface area contributed by atoms with E-state index in [9.17, 15) is 0 Å². The fraction of sp³-hybridized carbons (Fsp3) is 0.333. The van der Waals surface area contributed by atoms with Gasteiger partial charge in [0.15, 0.2) is 4.98 Å². The highest BCUT2D eigenvalue weighted by molar-refractivity contribution is 5.45. The Morgan fingerprint density at radius 2 is 2.08 bits per heavy atom. The first kappa shape index (κ1) is 10.6. The molecule has 0 amide bonds. The molecule has 1 aromatic carbocycles. The smallest absolute Gasteiger partial charge is 0.331 e. The predicted molar refractivity (Wildman–Crippen MR) is 50.7 cm³/mol. The fourth-order valence-corrected chi connectivity index (χ4v) is 0.690. The van der Waals surface area contributed by atoms with Crippen molar-refractivity contribution in [3.8, 4) is 0 Å². The lowest BCUT2D eigenvalue weighted by molar-refractivity contribution is 1.14. The highest BCUT2D eigenvalue weighted by atomic mass is 14.8. The van der Waals surface area contributed by atoms with Gasteiger partial charge in [-0.2, -0.15) is 0 Å². The number of diazo groups is 1. The average Bonchev–Trinajstić information content (AvgIpc) is 2.06. The van der Waals surface area contributed by atoms with Gasteiger partial charge in [-0.05, 0) is 19.0 Å². The van der Waals surface area contributed by atoms with E-state index < -0.39 is 0 Å². The second kappa shape index (κ2) is 6.32. The summed E-state index contributed by atoms with van der Waals surface area (Å²) in [5, 5.41) is 8.29. The van der Waals surface area contributed by atoms with Crippen LogP contribution in [0.15, 0.2) is 24.3 Å². The highest BCUT2D eigenvalue weighted by Crippen LogP contribution is 2.11. The van der Waals surface area contributed by atoms with Crippen LogP contribution in [0.3, 0.4) is 0 Å². The van der Waals surface area contributed by atoms with Gasteiger partial charge in [0.05, 0.1) is 0 Å². The summed E-state index contributed by atoms with van der Waals surface area (Å²) in [6.45, 7) is 4.61. The average molecular weight is 164 g/mol. The van der Waals surface area contributed by atoms with E-state index in [1.807, 2.05) is 26.0 Å². The van der Waals surface area contributed by atoms with Gasteiger partial charge in [0, 0.05) is 12.1 Å². The lowest BCUT2D eigenvalue weighted by atomic mass is 10.2. The molecule has 0 saturated carbocycles. The van der Waals surface area contributed by atoms with E-state index in [1.54, 1.807) is 12.1 Å². The maximum Gasteiger partial charge on any atom is 0.385 e. The minimum absolute atomic E-state index is 0.606. The van der Waals surface area contributed by atoms with E-state index in [2.05, 4.69) is 4.98 Å². The van der Waals surface area contributed by atoms with E-state index in [1.165, 1.54) is 0 Å². The van der Waals surface area contributed by atoms with Gasteiger partial charge < -0.3 is 5.73 Å². The van der Waals surface area contributed by atoms with Gasteiger partial charge in [0.1, 0.15) is 0 Å². The molecule has 3 heteroatoms. The molecular formula is C9H14N3+. The van der Waals surface area contributed by atoms with Crippen LogP contribution in [0.25, 0.3) is 4.98 Å². The summed E-state index contributed by atoms with van der Waals surface area (Å²) < 4.78 is 0. The summed E-state index contributed by atoms with van der Waals surface area (Å²) in [4.78, 5) is 3.03. The van der Waals surface area contributed by atoms with Crippen LogP contribution in [0.5, 0.6) is 0 Å². The molecule has 2 N–H and O–H groups in total. The summed E-state index contributed by atoms with van der Waals surface area (Å²) in [5.41, 5.74) is 6.56. The fourth-order valence-electron chi connectivity index (χ4n) is 0.690. The van der Waals surface area contributed by atoms with Crippen molar-refractivity contribution in [3.63, 3.8) is 0 Å². The van der Waals surface area contributed by atoms with Crippen LogP contribution in [0, 0.1) is 12.3 Å². The molecule has 1 aromatic rings. The van der Waals surface area contributed by atoms with Crippen molar-refractivity contribution in [1.29, 1.82) is 5.39 Å². The Labute approximate surface area is 72.8 Å². The minimum Gasteiger partial charge on any atom is -0.331 e. The van der Waals surface area contributed by atoms with Gasteiger partial charge in [-0.1, -0.05) is 19.1 Å². The van der Waals surface area contributed by atoms with Gasteiger partial charge in [0.25, 0.3) is 0 Å². The Hall–Kier alpha value is -1.40. The summed E-state index contributed by atoms with van der Waals surface area (Å²) in [5.74, 6) is 0. The first-order chi connectivity index (χ1) is 5.74. The van der Waals surface area contributed by atoms with Crippen molar-refractivity contribution < 1.29 is 0 Å². The normalized spacial score (nSPS) is 7.83. The molecule has 0 aliphatic rings. The molecule has 0 heterocycles. The molecule has 0 atom stereocenters. The topological polar surface area (TPSA) is 54.2 Å². The van der Waals surface area contributed by atoms with Crippen molar-refractivity contribution in [1.82, 2.24) is 0 Å². The third-order valence-corrected chi connectivity index (χ3v) is 1.12. The molecule has 0 aromatic heterocycles. The minimum atomic E-state index is 0.606. The number of hydrogen-bond donors (Lipinski definition) is 1. The van der Waals surface area contributed by atoms with E-state index in [0.29, 0.717) is 5.69 Å². The standard InChI is InChI=1S/C7H7N2.C2H7N/c1-6-3-2-4-7(5-6)9-8;1-2-3/h2-5H,1H3;2-3H2,1H3/q+1;. The SMILES string of the molecule is CCN.Cc1cccc([N+]#N)c1. The van der Waals surface area contributed by atoms with Crippen LogP contribution in [-0.4, -0.2) is 6.54 Å². The highest BCUT2D eigenvalue weighted by Gasteiger charge is 1.99. The summed E-state index contributed by atoms with van der Waals surface area (Å²) in [6.07, 6.45) is 0. The zero-order valence-corrected chi connectivity index (χ0v) is 7.49. The lowest BCUT2D eigenvalue weighted by Crippen LogP contribution is -1.87. The van der Waals surface area contributed by atoms with Gasteiger partial charge in [-0.3, -0.25) is 0 Å². The summed E-state index contributed by atoms with van der Waals surface area (Å²) >= 11 is 0. The Kier molecular flexibility index (Phi) is 5.58. The zero-order valence-electron chi connectivity index (χ0n) is 7.49. The first-order valence-electron chi connectivity index (χ1n) is 3.86. The molecule has 0 bridgehead atoms. The van der Waals surface area contributed by atoms with Crippen molar-refractivity contribution >= 4 is 5.69 Å². The van der Waals surface area contributed by atoms with Gasteiger partial charge in [0.2, 0.25) is 5.39 Å². The zero-order chi connectivity index (χ0) is 9.40. The van der Waals surface area contributed by atoms with Gasteiger partial charge >= 0.3 is 5.69 Å². The third-order valence-electron chi connectivity index (χ3n) is 1.12. The monoisotopic (exact) mass is 164 g/mol. The van der Waals surface area contributed by atoms with Gasteiger partial charge in [-0.15, -0.1) is 0 Å². The molecule has 0 saturated heterocycles. The van der Waals surface area contributed by atoms with E-state index in [0.717, 1.165) is 12.1 Å². The van der Waals surface area contributed by atoms with Crippen LogP contribution in [0.1, 0.15) is 12.5 Å². The molecule has 64 valence electrons. The quantitative estimate of drug-likeness (QED) is 0.599. The van der Waals surface area contributed by atoms with E-state index in [-0.39, 0.29) is 0 Å². The molecule has 0 aliphatic carbocycles. The molecular weight excluding hydrogens is 150 g/mol. The van der Waals surface area contributed by atoms with E-state index in [4.69, 9.17) is 11.1 Å². The van der Waals surface area contributed by atoms with Crippen LogP contribution >= 0.6 is 0 Å². The van der Waals surface area contributed by atoms with Crippen LogP contribution in [-0.2, 0) is 0 Å². The van der Waals surface area contributed by atoms with Crippen molar-refractivity contribution in [2.45, 2.75) is 13.8 Å². The largest absolute Gasteiger partial charge is 0.385 e. The van der Waals surface area contributed by atoms with Crippen LogP contribution < -0.4 is 5.73 Å². The Morgan fingerprint density at radius 3 is 2.42 bits per heavy atom. The van der Waals surface area contributed by atoms with Crippen molar-refractivity contribution in [2.75, 3.05) is 6.54 Å². The molecule has 12 heavy (non-hydrogen) atoms. The maximum absolute atomic E-state index is 8.29. The first-order valence-corrected chi connectivity index (χ1v) is 3.86. The number of nitrogens with two attached hydrogens (primary N) is 1. The predicted octanol–water partition coefficient (Wildman–Crippen LogP) is 2.44. The molecule has 0 fully saturated rings. The van der Waals surface area contributed by atoms with Crippen molar-refractivity contribution in [3.05, 3.63) is 34.8 Å². The maximum atomic E-state index is 8.29. The van der Waals surface area contributed by atoms with Crippen molar-refractivity contribution in [2.24, 2.45) is 5.73 Å². The molecule has 0 spiro atoms. The van der Waals surface area contributed by atoms with Crippen LogP contribution in [0.2, 0.25) is 0 Å². The number of rotatable bonds is 0. The second-order valence-electron chi connectivity index (χ2n) is 2.35. The molecule has 0 unspecified atom stereocenters. The number of benzene rings is 1. The van der Waals surface area contributed by atoms with Crippen LogP contribution in [0.4, 0.5) is 5.69 Å². The van der Waals surface area contributed by atoms with Gasteiger partial charge in [-0.25, -0.2) is 0 Å². The molecule has 0 aliphatic heterocycles. The third kappa shape index (κ3) is 4.42. The second-order valence-corrected chi connectivity index (χ2v) is 2.35. The Morgan fingerprint density at radius 1 is 1.50 bits per heavy atom. The lowest BCUT2D eigenvalue weighted by Gasteiger charge is -1.81. The molecule has 0 radical (unpaired) electrons. The number of nitrogens with zero attached hydrogens (tertiary/aromatic N) is 2. The summed E-state index contributed by atoms with van der Waals surface area (Å²) in [6, 6.07) is 7.35.